The predicted octanol–water partition coefficient (Wildman–Crippen LogP) is 2.91. The molecule has 8 heteroatoms. The third kappa shape index (κ3) is 4.48. The maximum absolute atomic E-state index is 13.2. The number of hydrogen-bond acceptors (Lipinski definition) is 4. The van der Waals surface area contributed by atoms with Crippen molar-refractivity contribution in [3.63, 3.8) is 0 Å². The number of nitrogens with zero attached hydrogens (tertiary/aromatic N) is 1. The van der Waals surface area contributed by atoms with Crippen molar-refractivity contribution < 1.29 is 18.5 Å². The van der Waals surface area contributed by atoms with Gasteiger partial charge in [-0.2, -0.15) is 4.39 Å². The van der Waals surface area contributed by atoms with Crippen molar-refractivity contribution >= 4 is 17.3 Å². The molecule has 2 N–H and O–H groups in total. The van der Waals surface area contributed by atoms with Crippen molar-refractivity contribution in [3.05, 3.63) is 69.3 Å². The Morgan fingerprint density at radius 3 is 2.54 bits per heavy atom. The van der Waals surface area contributed by atoms with Crippen LogP contribution >= 0.6 is 0 Å². The number of hydrogen-bond donors (Lipinski definition) is 2. The summed E-state index contributed by atoms with van der Waals surface area (Å²) < 4.78 is 26.4. The van der Waals surface area contributed by atoms with Crippen molar-refractivity contribution in [2.24, 2.45) is 0 Å². The quantitative estimate of drug-likeness (QED) is 0.628. The first-order valence-electron chi connectivity index (χ1n) is 7.06. The molecule has 0 aliphatic heterocycles. The molecule has 0 fully saturated rings. The summed E-state index contributed by atoms with van der Waals surface area (Å²) in [6.45, 7) is 1.72. The zero-order valence-corrected chi connectivity index (χ0v) is 12.8. The number of aryl methyl sites for hydroxylation is 1. The van der Waals surface area contributed by atoms with Gasteiger partial charge >= 0.3 is 5.69 Å². The van der Waals surface area contributed by atoms with Crippen molar-refractivity contribution in [1.82, 2.24) is 5.32 Å². The van der Waals surface area contributed by atoms with Crippen LogP contribution in [0.2, 0.25) is 0 Å². The molecule has 0 spiro atoms. The van der Waals surface area contributed by atoms with Crippen LogP contribution in [-0.4, -0.2) is 17.4 Å². The lowest BCUT2D eigenvalue weighted by molar-refractivity contribution is -0.387. The Balaban J connectivity index is 1.88. The average molecular weight is 335 g/mol. The highest BCUT2D eigenvalue weighted by Gasteiger charge is 2.14. The van der Waals surface area contributed by atoms with E-state index in [1.165, 1.54) is 12.1 Å². The number of anilines is 1. The van der Waals surface area contributed by atoms with E-state index in [0.29, 0.717) is 5.56 Å². The van der Waals surface area contributed by atoms with Gasteiger partial charge in [0, 0.05) is 18.3 Å². The van der Waals surface area contributed by atoms with Gasteiger partial charge in [-0.3, -0.25) is 14.9 Å². The summed E-state index contributed by atoms with van der Waals surface area (Å²) in [4.78, 5) is 21.6. The molecule has 126 valence electrons. The van der Waals surface area contributed by atoms with E-state index >= 15 is 0 Å². The molecule has 1 amide bonds. The van der Waals surface area contributed by atoms with Gasteiger partial charge in [0.15, 0.2) is 0 Å². The number of carbonyl (C=O) groups is 1. The molecule has 2 rings (SSSR count). The minimum Gasteiger partial charge on any atom is -0.376 e. The molecular formula is C16H15F2N3O3. The lowest BCUT2D eigenvalue weighted by atomic mass is 10.1. The summed E-state index contributed by atoms with van der Waals surface area (Å²) >= 11 is 0. The van der Waals surface area contributed by atoms with Gasteiger partial charge in [-0.15, -0.1) is 0 Å². The average Bonchev–Trinajstić information content (AvgIpc) is 2.55. The molecule has 0 saturated heterocycles. The van der Waals surface area contributed by atoms with E-state index in [0.717, 1.165) is 17.7 Å². The highest BCUT2D eigenvalue weighted by Crippen LogP contribution is 2.21. The molecule has 0 heterocycles. The molecule has 0 aliphatic rings. The fourth-order valence-corrected chi connectivity index (χ4v) is 2.02. The first kappa shape index (κ1) is 17.3. The van der Waals surface area contributed by atoms with Crippen molar-refractivity contribution in [2.45, 2.75) is 13.5 Å². The highest BCUT2D eigenvalue weighted by molar-refractivity contribution is 5.80. The lowest BCUT2D eigenvalue weighted by Gasteiger charge is -2.09. The summed E-state index contributed by atoms with van der Waals surface area (Å²) in [7, 11) is 0. The number of nitro benzene ring substituents is 1. The van der Waals surface area contributed by atoms with E-state index in [-0.39, 0.29) is 30.5 Å². The number of carbonyl (C=O) groups excluding carboxylic acids is 1. The molecule has 0 radical (unpaired) electrons. The van der Waals surface area contributed by atoms with Gasteiger partial charge in [0.05, 0.1) is 11.5 Å². The van der Waals surface area contributed by atoms with Crippen molar-refractivity contribution in [3.8, 4) is 0 Å². The predicted molar refractivity (Wildman–Crippen MR) is 84.5 cm³/mol. The SMILES string of the molecule is Cc1cc(CNC(=O)CNc2ccc(F)c([N+](=O)[O-])c2)ccc1F. The molecular weight excluding hydrogens is 320 g/mol. The Kier molecular flexibility index (Phi) is 5.41. The Hall–Kier alpha value is -3.03. The van der Waals surface area contributed by atoms with E-state index < -0.39 is 16.4 Å². The summed E-state index contributed by atoms with van der Waals surface area (Å²) in [6.07, 6.45) is 0. The Morgan fingerprint density at radius 1 is 1.17 bits per heavy atom. The van der Waals surface area contributed by atoms with Crippen molar-refractivity contribution in [1.29, 1.82) is 0 Å². The molecule has 0 bridgehead atoms. The third-order valence-corrected chi connectivity index (χ3v) is 3.31. The minimum absolute atomic E-state index is 0.136. The second-order valence-corrected chi connectivity index (χ2v) is 5.14. The molecule has 2 aromatic carbocycles. The van der Waals surface area contributed by atoms with E-state index in [1.54, 1.807) is 19.1 Å². The molecule has 0 aliphatic carbocycles. The fourth-order valence-electron chi connectivity index (χ4n) is 2.02. The zero-order valence-electron chi connectivity index (χ0n) is 12.8. The van der Waals surface area contributed by atoms with Gasteiger partial charge in [-0.25, -0.2) is 4.39 Å². The molecule has 2 aromatic rings. The highest BCUT2D eigenvalue weighted by atomic mass is 19.1. The van der Waals surface area contributed by atoms with Crippen LogP contribution in [0.4, 0.5) is 20.2 Å². The van der Waals surface area contributed by atoms with Crippen LogP contribution in [0, 0.1) is 28.7 Å². The first-order chi connectivity index (χ1) is 11.4. The molecule has 0 unspecified atom stereocenters. The molecule has 0 atom stereocenters. The zero-order chi connectivity index (χ0) is 17.7. The number of nitro groups is 1. The van der Waals surface area contributed by atoms with Crippen molar-refractivity contribution in [2.75, 3.05) is 11.9 Å². The van der Waals surface area contributed by atoms with Gasteiger partial charge in [0.25, 0.3) is 0 Å². The van der Waals surface area contributed by atoms with Crippen LogP contribution in [0.5, 0.6) is 0 Å². The van der Waals surface area contributed by atoms with Crippen LogP contribution < -0.4 is 10.6 Å². The van der Waals surface area contributed by atoms with Gasteiger partial charge in [-0.05, 0) is 36.2 Å². The normalized spacial score (nSPS) is 10.3. The number of halogens is 2. The molecule has 24 heavy (non-hydrogen) atoms. The van der Waals surface area contributed by atoms with Gasteiger partial charge in [-0.1, -0.05) is 12.1 Å². The van der Waals surface area contributed by atoms with E-state index in [2.05, 4.69) is 10.6 Å². The molecule has 0 saturated carbocycles. The summed E-state index contributed by atoms with van der Waals surface area (Å²) in [6, 6.07) is 7.81. The van der Waals surface area contributed by atoms with Gasteiger partial charge < -0.3 is 10.6 Å². The van der Waals surface area contributed by atoms with Crippen LogP contribution in [0.3, 0.4) is 0 Å². The Bertz CT molecular complexity index is 781. The third-order valence-electron chi connectivity index (χ3n) is 3.31. The lowest BCUT2D eigenvalue weighted by Crippen LogP contribution is -2.29. The monoisotopic (exact) mass is 335 g/mol. The Labute approximate surface area is 136 Å². The van der Waals surface area contributed by atoms with Crippen LogP contribution in [-0.2, 0) is 11.3 Å². The summed E-state index contributed by atoms with van der Waals surface area (Å²) in [5.41, 5.74) is 0.830. The second-order valence-electron chi connectivity index (χ2n) is 5.14. The molecule has 0 aromatic heterocycles. The largest absolute Gasteiger partial charge is 0.376 e. The van der Waals surface area contributed by atoms with E-state index in [9.17, 15) is 23.7 Å². The standard InChI is InChI=1S/C16H15F2N3O3/c1-10-6-11(2-4-13(10)17)8-20-16(22)9-19-12-3-5-14(18)15(7-12)21(23)24/h2-7,19H,8-9H2,1H3,(H,20,22). The fraction of sp³-hybridized carbons (Fsp3) is 0.188. The Morgan fingerprint density at radius 2 is 1.88 bits per heavy atom. The number of rotatable bonds is 6. The molecule has 6 nitrogen and oxygen atoms in total. The van der Waals surface area contributed by atoms with E-state index in [1.807, 2.05) is 0 Å². The van der Waals surface area contributed by atoms with Gasteiger partial charge in [0.2, 0.25) is 11.7 Å². The number of nitrogens with one attached hydrogen (secondary N) is 2. The minimum atomic E-state index is -0.943. The van der Waals surface area contributed by atoms with E-state index in [4.69, 9.17) is 0 Å². The second kappa shape index (κ2) is 7.49. The smallest absolute Gasteiger partial charge is 0.306 e. The van der Waals surface area contributed by atoms with Crippen LogP contribution in [0.1, 0.15) is 11.1 Å². The summed E-state index contributed by atoms with van der Waals surface area (Å²) in [5.74, 6) is -1.62. The van der Waals surface area contributed by atoms with Crippen LogP contribution in [0.15, 0.2) is 36.4 Å². The maximum atomic E-state index is 13.2. The van der Waals surface area contributed by atoms with Gasteiger partial charge in [0.1, 0.15) is 5.82 Å². The van der Waals surface area contributed by atoms with Crippen LogP contribution in [0.25, 0.3) is 0 Å². The maximum Gasteiger partial charge on any atom is 0.306 e. The topological polar surface area (TPSA) is 84.3 Å². The summed E-state index contributed by atoms with van der Waals surface area (Å²) in [5, 5.41) is 16.0. The first-order valence-corrected chi connectivity index (χ1v) is 7.06. The number of amides is 1. The number of benzene rings is 2.